The highest BCUT2D eigenvalue weighted by molar-refractivity contribution is 5.95. The van der Waals surface area contributed by atoms with Crippen molar-refractivity contribution < 1.29 is 23.5 Å². The van der Waals surface area contributed by atoms with Crippen molar-refractivity contribution in [2.75, 3.05) is 0 Å². The largest absolute Gasteiger partial charge is 0.480 e. The number of carbonyl (C=O) groups excluding carboxylic acids is 1. The van der Waals surface area contributed by atoms with Gasteiger partial charge in [-0.25, -0.2) is 13.6 Å². The van der Waals surface area contributed by atoms with Crippen LogP contribution in [0.5, 0.6) is 0 Å². The maximum absolute atomic E-state index is 12.3. The van der Waals surface area contributed by atoms with Gasteiger partial charge in [-0.15, -0.1) is 0 Å². The number of carbonyl (C=O) groups is 2. The van der Waals surface area contributed by atoms with E-state index in [-0.39, 0.29) is 12.1 Å². The van der Waals surface area contributed by atoms with Crippen LogP contribution >= 0.6 is 0 Å². The summed E-state index contributed by atoms with van der Waals surface area (Å²) in [5, 5.41) is 11.3. The number of hydrogen-bond acceptors (Lipinski definition) is 2. The lowest BCUT2D eigenvalue weighted by atomic mass is 10.1. The number of hydrogen-bond donors (Lipinski definition) is 2. The van der Waals surface area contributed by atoms with Gasteiger partial charge in [-0.3, -0.25) is 4.79 Å². The average molecular weight is 274 g/mol. The molecule has 1 heterocycles. The summed E-state index contributed by atoms with van der Waals surface area (Å²) < 4.78 is 25.7. The van der Waals surface area contributed by atoms with E-state index in [1.807, 2.05) is 0 Å². The molecule has 0 bridgehead atoms. The van der Waals surface area contributed by atoms with Crippen LogP contribution in [0, 0.1) is 0 Å². The third-order valence-electron chi connectivity index (χ3n) is 2.58. The lowest BCUT2D eigenvalue weighted by Crippen LogP contribution is -2.41. The summed E-state index contributed by atoms with van der Waals surface area (Å²) >= 11 is 0. The Morgan fingerprint density at radius 2 is 2.16 bits per heavy atom. The highest BCUT2D eigenvalue weighted by Crippen LogP contribution is 2.07. The number of rotatable bonds is 7. The minimum absolute atomic E-state index is 0.0302. The molecule has 1 amide bonds. The Kier molecular flexibility index (Phi) is 5.47. The number of halogens is 2. The first kappa shape index (κ1) is 15.1. The molecule has 0 saturated heterocycles. The summed E-state index contributed by atoms with van der Waals surface area (Å²) in [6.45, 7) is 1.20. The molecule has 0 aliphatic carbocycles. The molecule has 1 rings (SSSR count). The van der Waals surface area contributed by atoms with Gasteiger partial charge in [0.2, 0.25) is 0 Å². The molecule has 2 N–H and O–H groups in total. The third-order valence-corrected chi connectivity index (χ3v) is 2.58. The fourth-order valence-corrected chi connectivity index (χ4v) is 1.71. The fraction of sp³-hybridized carbons (Fsp3) is 0.500. The second-order valence-electron chi connectivity index (χ2n) is 4.09. The molecular formula is C12H16F2N2O3. The Morgan fingerprint density at radius 3 is 2.68 bits per heavy atom. The first-order valence-electron chi connectivity index (χ1n) is 5.92. The number of alkyl halides is 2. The molecule has 0 aliphatic heterocycles. The Labute approximate surface area is 109 Å². The molecule has 0 fully saturated rings. The van der Waals surface area contributed by atoms with E-state index in [9.17, 15) is 18.4 Å². The van der Waals surface area contributed by atoms with Gasteiger partial charge in [0.1, 0.15) is 11.7 Å². The average Bonchev–Trinajstić information content (AvgIpc) is 2.75. The molecule has 0 unspecified atom stereocenters. The second kappa shape index (κ2) is 6.86. The number of amides is 1. The van der Waals surface area contributed by atoms with Crippen LogP contribution in [0.2, 0.25) is 0 Å². The molecule has 0 aromatic carbocycles. The van der Waals surface area contributed by atoms with Gasteiger partial charge < -0.3 is 15.0 Å². The number of nitrogens with one attached hydrogen (secondary N) is 1. The Bertz CT molecular complexity index is 446. The zero-order valence-electron chi connectivity index (χ0n) is 10.5. The molecule has 7 heteroatoms. The van der Waals surface area contributed by atoms with Crippen molar-refractivity contribution in [2.24, 2.45) is 0 Å². The first-order valence-corrected chi connectivity index (χ1v) is 5.92. The number of aromatic nitrogens is 1. The normalized spacial score (nSPS) is 12.4. The number of aliphatic carboxylic acids is 1. The summed E-state index contributed by atoms with van der Waals surface area (Å²) in [6.07, 6.45) is -0.340. The Morgan fingerprint density at radius 1 is 1.47 bits per heavy atom. The molecule has 5 nitrogen and oxygen atoms in total. The maximum Gasteiger partial charge on any atom is 0.326 e. The monoisotopic (exact) mass is 274 g/mol. The summed E-state index contributed by atoms with van der Waals surface area (Å²) in [5.41, 5.74) is 0.0302. The topological polar surface area (TPSA) is 71.3 Å². The molecule has 0 saturated carbocycles. The summed E-state index contributed by atoms with van der Waals surface area (Å²) in [4.78, 5) is 22.8. The molecule has 106 valence electrons. The van der Waals surface area contributed by atoms with Gasteiger partial charge in [0, 0.05) is 6.20 Å². The third kappa shape index (κ3) is 4.35. The van der Waals surface area contributed by atoms with Gasteiger partial charge in [-0.05, 0) is 18.6 Å². The van der Waals surface area contributed by atoms with Crippen molar-refractivity contribution >= 4 is 11.9 Å². The van der Waals surface area contributed by atoms with E-state index in [2.05, 4.69) is 5.32 Å². The minimum Gasteiger partial charge on any atom is -0.480 e. The van der Waals surface area contributed by atoms with Crippen molar-refractivity contribution in [2.45, 2.75) is 38.8 Å². The summed E-state index contributed by atoms with van der Waals surface area (Å²) in [6, 6.07) is 1.84. The molecule has 1 atom stereocenters. The molecule has 0 radical (unpaired) electrons. The quantitative estimate of drug-likeness (QED) is 0.795. The Balaban J connectivity index is 2.77. The molecule has 0 aliphatic rings. The Hall–Kier alpha value is -1.92. The van der Waals surface area contributed by atoms with Crippen LogP contribution in [0.4, 0.5) is 8.78 Å². The van der Waals surface area contributed by atoms with E-state index in [1.54, 1.807) is 6.92 Å². The van der Waals surface area contributed by atoms with Gasteiger partial charge in [0.15, 0.2) is 0 Å². The van der Waals surface area contributed by atoms with Gasteiger partial charge in [-0.1, -0.05) is 13.3 Å². The van der Waals surface area contributed by atoms with E-state index in [4.69, 9.17) is 5.11 Å². The van der Waals surface area contributed by atoms with E-state index in [0.29, 0.717) is 6.42 Å². The van der Waals surface area contributed by atoms with Gasteiger partial charge in [0.05, 0.1) is 6.54 Å². The van der Waals surface area contributed by atoms with Gasteiger partial charge >= 0.3 is 5.97 Å². The highest BCUT2D eigenvalue weighted by atomic mass is 19.3. The van der Waals surface area contributed by atoms with Crippen LogP contribution in [-0.2, 0) is 11.3 Å². The number of carboxylic acid groups (broad SMARTS) is 1. The smallest absolute Gasteiger partial charge is 0.326 e. The van der Waals surface area contributed by atoms with Crippen molar-refractivity contribution in [3.05, 3.63) is 24.0 Å². The number of nitrogens with zero attached hydrogens (tertiary/aromatic N) is 1. The SMILES string of the molecule is CCC[C@@H](NC(=O)c1cccn1CC(F)F)C(=O)O. The van der Waals surface area contributed by atoms with Crippen LogP contribution in [0.3, 0.4) is 0 Å². The van der Waals surface area contributed by atoms with Crippen LogP contribution in [0.25, 0.3) is 0 Å². The predicted molar refractivity (Wildman–Crippen MR) is 64.2 cm³/mol. The van der Waals surface area contributed by atoms with Crippen molar-refractivity contribution in [1.29, 1.82) is 0 Å². The standard InChI is InChI=1S/C12H16F2N2O3/c1-2-4-8(12(18)19)15-11(17)9-5-3-6-16(9)7-10(13)14/h3,5-6,8,10H,2,4,7H2,1H3,(H,15,17)(H,18,19)/t8-/m1/s1. The lowest BCUT2D eigenvalue weighted by molar-refractivity contribution is -0.139. The van der Waals surface area contributed by atoms with E-state index in [1.165, 1.54) is 18.3 Å². The molecular weight excluding hydrogens is 258 g/mol. The highest BCUT2D eigenvalue weighted by Gasteiger charge is 2.21. The zero-order valence-corrected chi connectivity index (χ0v) is 10.5. The van der Waals surface area contributed by atoms with Crippen LogP contribution in [-0.4, -0.2) is 34.0 Å². The van der Waals surface area contributed by atoms with Crippen molar-refractivity contribution in [3.8, 4) is 0 Å². The molecule has 1 aromatic heterocycles. The maximum atomic E-state index is 12.3. The van der Waals surface area contributed by atoms with Crippen molar-refractivity contribution in [3.63, 3.8) is 0 Å². The van der Waals surface area contributed by atoms with E-state index >= 15 is 0 Å². The molecule has 0 spiro atoms. The van der Waals surface area contributed by atoms with Crippen LogP contribution < -0.4 is 5.32 Å². The zero-order chi connectivity index (χ0) is 14.4. The molecule has 1 aromatic rings. The van der Waals surface area contributed by atoms with Gasteiger partial charge in [0.25, 0.3) is 12.3 Å². The van der Waals surface area contributed by atoms with Crippen LogP contribution in [0.1, 0.15) is 30.3 Å². The summed E-state index contributed by atoms with van der Waals surface area (Å²) in [5.74, 6) is -1.80. The predicted octanol–water partition coefficient (Wildman–Crippen LogP) is 1.74. The van der Waals surface area contributed by atoms with Crippen LogP contribution in [0.15, 0.2) is 18.3 Å². The fourth-order valence-electron chi connectivity index (χ4n) is 1.71. The van der Waals surface area contributed by atoms with Gasteiger partial charge in [-0.2, -0.15) is 0 Å². The second-order valence-corrected chi connectivity index (χ2v) is 4.09. The molecule has 19 heavy (non-hydrogen) atoms. The lowest BCUT2D eigenvalue weighted by Gasteiger charge is -2.14. The first-order chi connectivity index (χ1) is 8.95. The van der Waals surface area contributed by atoms with Crippen molar-refractivity contribution in [1.82, 2.24) is 9.88 Å². The summed E-state index contributed by atoms with van der Waals surface area (Å²) in [7, 11) is 0. The minimum atomic E-state index is -2.58. The van der Waals surface area contributed by atoms with E-state index < -0.39 is 30.9 Å². The number of carboxylic acids is 1. The van der Waals surface area contributed by atoms with E-state index in [0.717, 1.165) is 4.57 Å².